The molecule has 3 saturated carbocycles. The maximum atomic E-state index is 14.0. The summed E-state index contributed by atoms with van der Waals surface area (Å²) in [4.78, 5) is 31.6. The summed E-state index contributed by atoms with van der Waals surface area (Å²) in [5.74, 6) is -2.07. The van der Waals surface area contributed by atoms with Crippen molar-refractivity contribution in [3.8, 4) is 0 Å². The smallest absolute Gasteiger partial charge is 0.340 e. The van der Waals surface area contributed by atoms with E-state index in [1.54, 1.807) is 60.1 Å². The van der Waals surface area contributed by atoms with E-state index in [1.165, 1.54) is 32.7 Å². The van der Waals surface area contributed by atoms with Gasteiger partial charge < -0.3 is 117 Å². The van der Waals surface area contributed by atoms with Crippen molar-refractivity contribution >= 4 is 18.0 Å². The van der Waals surface area contributed by atoms with Gasteiger partial charge in [-0.05, 0) is 109 Å². The minimum atomic E-state index is -2.03. The zero-order valence-corrected chi connectivity index (χ0v) is 57.1. The molecule has 0 spiro atoms. The molecule has 2 aromatic rings. The van der Waals surface area contributed by atoms with Crippen LogP contribution < -0.4 is 0 Å². The molecule has 6 heterocycles. The normalized spacial score (nSPS) is 46.5. The first kappa shape index (κ1) is 74.1. The highest BCUT2D eigenvalue weighted by molar-refractivity contribution is 5.89. The zero-order valence-electron chi connectivity index (χ0n) is 57.1. The molecular weight excluding hydrogens is 1270 g/mol. The number of hydrogen-bond donors (Lipinski definition) is 8. The van der Waals surface area contributed by atoms with Crippen LogP contribution >= 0.6 is 0 Å². The lowest BCUT2D eigenvalue weighted by molar-refractivity contribution is -0.374. The number of ether oxygens (including phenoxy) is 16. The molecule has 0 bridgehead atoms. The summed E-state index contributed by atoms with van der Waals surface area (Å²) < 4.78 is 100. The first-order chi connectivity index (χ1) is 46.2. The summed E-state index contributed by atoms with van der Waals surface area (Å²) in [5.41, 5.74) is -6.30. The van der Waals surface area contributed by atoms with Crippen LogP contribution in [-0.4, -0.2) is 263 Å². The lowest BCUT2D eigenvalue weighted by atomic mass is 9.42. The van der Waals surface area contributed by atoms with Crippen LogP contribution in [0.3, 0.4) is 0 Å². The topological polar surface area (TPSA) is 357 Å². The molecule has 8 N–H and O–H groups in total. The molecule has 5 saturated heterocycles. The van der Waals surface area contributed by atoms with Crippen molar-refractivity contribution < 1.29 is 126 Å². The van der Waals surface area contributed by atoms with Crippen molar-refractivity contribution in [1.82, 2.24) is 4.98 Å². The van der Waals surface area contributed by atoms with E-state index in [1.807, 2.05) is 50.3 Å². The number of fused-ring (bicyclic) bond motifs is 5. The number of aliphatic hydroxyl groups excluding tert-OH is 5. The van der Waals surface area contributed by atoms with Crippen LogP contribution in [0.5, 0.6) is 0 Å². The van der Waals surface area contributed by atoms with Gasteiger partial charge in [0, 0.05) is 72.1 Å². The van der Waals surface area contributed by atoms with Crippen molar-refractivity contribution in [3.63, 3.8) is 0 Å². The van der Waals surface area contributed by atoms with Crippen LogP contribution in [0.25, 0.3) is 6.08 Å². The zero-order chi connectivity index (χ0) is 69.7. The molecule has 4 aliphatic carbocycles. The van der Waals surface area contributed by atoms with Gasteiger partial charge in [-0.2, -0.15) is 0 Å². The fourth-order valence-electron chi connectivity index (χ4n) is 17.5. The molecule has 1 aromatic heterocycles. The SMILES string of the molecule is CO[C@@H]1[C@@H](O)[C@H](O[C@H]2[C@@H](OC)C[C@H](O[C@H]3[C@@H](OC)C[C@H](O[C@H]4[C@@H](OC)C[C@H](O[C@H]5CC[C@@]6(C)C(=CC[C@]7(O)[C@@H]6C[C@@H](OC(=O)/C=C/c6ccccc6)[C@]6(C)C(O)(C(C)OC(=O)c8cccnc8)CC[C@]76O)C5)O[C@@H]4C)O[C@@H]3C)O[C@@H]2C)O[C@H](C)[C@H]1O[C@@H]1O[C@H](CO)[C@@H](O)[C@H](O)[C@H]1O. The number of nitrogens with zero attached hydrogens (tertiary/aromatic N) is 1. The van der Waals surface area contributed by atoms with Crippen molar-refractivity contribution in [2.24, 2.45) is 16.7 Å². The fraction of sp³-hybridized carbons (Fsp3) is 0.757. The molecule has 11 rings (SSSR count). The van der Waals surface area contributed by atoms with Gasteiger partial charge >= 0.3 is 11.9 Å². The van der Waals surface area contributed by atoms with Crippen LogP contribution in [0.2, 0.25) is 0 Å². The quantitative estimate of drug-likeness (QED) is 0.0506. The molecule has 27 heteroatoms. The third-order valence-corrected chi connectivity index (χ3v) is 23.1. The Morgan fingerprint density at radius 3 is 1.80 bits per heavy atom. The van der Waals surface area contributed by atoms with Crippen molar-refractivity contribution in [2.45, 2.75) is 283 Å². The fourth-order valence-corrected chi connectivity index (χ4v) is 17.5. The van der Waals surface area contributed by atoms with E-state index >= 15 is 0 Å². The van der Waals surface area contributed by atoms with Crippen molar-refractivity contribution in [2.75, 3.05) is 35.0 Å². The molecule has 31 atom stereocenters. The Balaban J connectivity index is 0.698. The highest BCUT2D eigenvalue weighted by atomic mass is 16.8. The summed E-state index contributed by atoms with van der Waals surface area (Å²) >= 11 is 0. The minimum Gasteiger partial charge on any atom is -0.458 e. The molecule has 0 amide bonds. The molecule has 2 unspecified atom stereocenters. The number of esters is 2. The van der Waals surface area contributed by atoms with E-state index in [-0.39, 0.29) is 50.2 Å². The Labute approximate surface area is 565 Å². The van der Waals surface area contributed by atoms with E-state index in [9.17, 15) is 50.4 Å². The molecule has 97 heavy (non-hydrogen) atoms. The Kier molecular flexibility index (Phi) is 23.0. The number of carbonyl (C=O) groups is 2. The van der Waals surface area contributed by atoms with Crippen LogP contribution in [0, 0.1) is 16.7 Å². The number of pyridine rings is 1. The Bertz CT molecular complexity index is 3020. The van der Waals surface area contributed by atoms with Crippen molar-refractivity contribution in [3.05, 3.63) is 83.7 Å². The second-order valence-corrected chi connectivity index (χ2v) is 28.4. The predicted molar refractivity (Wildman–Crippen MR) is 338 cm³/mol. The summed E-state index contributed by atoms with van der Waals surface area (Å²) in [5, 5.41) is 92.5. The lowest BCUT2D eigenvalue weighted by Crippen LogP contribution is -2.78. The maximum Gasteiger partial charge on any atom is 0.340 e. The summed E-state index contributed by atoms with van der Waals surface area (Å²) in [6, 6.07) is 12.4. The third kappa shape index (κ3) is 13.9. The van der Waals surface area contributed by atoms with Crippen molar-refractivity contribution in [1.29, 1.82) is 0 Å². The molecule has 5 aliphatic heterocycles. The Morgan fingerprint density at radius 2 is 1.23 bits per heavy atom. The second-order valence-electron chi connectivity index (χ2n) is 28.4. The summed E-state index contributed by atoms with van der Waals surface area (Å²) in [6.45, 7) is 11.8. The standard InChI is InChI=1S/C70H101NO26/c1-35-58(94-52-30-45(83-9)59(36(2)87-52)95-53-31-46(84-10)60(37(3)88-53)96-65-57(77)62(85-11)61(38(4)89-65)97-64-56(76)55(75)54(74)47(34-72)92-64)44(82-8)29-51(86-35)91-43-22-23-66(6)42(28-43)21-24-69(80)48(66)32-49(93-50(73)20-19-40-16-13-12-14-17-40)67(7)68(79,25-26-70(67,69)81)39(5)90-63(78)41-18-15-27-71-33-41/h12-21,27,33,35-39,43-49,51-62,64-65,72,74-77,79-81H,22-26,28-32,34H2,1-11H3/b20-19+/t35-,36-,37-,38-,39?,43+,44+,45+,46+,47-,48-,49-,51+,52+,53+,54-,55+,56-,57-,58-,59-,60-,61-,62-,64+,65+,66+,67-,68?,69+,70-/m1/s1. The van der Waals surface area contributed by atoms with Gasteiger partial charge in [0.15, 0.2) is 31.5 Å². The van der Waals surface area contributed by atoms with E-state index in [2.05, 4.69) is 11.9 Å². The number of aromatic nitrogens is 1. The van der Waals surface area contributed by atoms with E-state index in [4.69, 9.17) is 75.8 Å². The Morgan fingerprint density at radius 1 is 0.649 bits per heavy atom. The average molecular weight is 1370 g/mol. The molecule has 1 aromatic carbocycles. The van der Waals surface area contributed by atoms with Crippen LogP contribution in [0.1, 0.15) is 129 Å². The van der Waals surface area contributed by atoms with Gasteiger partial charge in [0.05, 0.1) is 66.4 Å². The highest BCUT2D eigenvalue weighted by Gasteiger charge is 2.82. The van der Waals surface area contributed by atoms with E-state index in [0.29, 0.717) is 25.7 Å². The van der Waals surface area contributed by atoms with Crippen LogP contribution in [-0.2, 0) is 80.6 Å². The first-order valence-corrected chi connectivity index (χ1v) is 34.1. The van der Waals surface area contributed by atoms with E-state index in [0.717, 1.165) is 11.1 Å². The van der Waals surface area contributed by atoms with Gasteiger partial charge in [-0.3, -0.25) is 4.98 Å². The number of carbonyl (C=O) groups excluding carboxylic acids is 2. The monoisotopic (exact) mass is 1370 g/mol. The van der Waals surface area contributed by atoms with Crippen LogP contribution in [0.15, 0.2) is 72.6 Å². The largest absolute Gasteiger partial charge is 0.458 e. The minimum absolute atomic E-state index is 0.0383. The number of hydrogen-bond acceptors (Lipinski definition) is 27. The van der Waals surface area contributed by atoms with Gasteiger partial charge in [0.25, 0.3) is 0 Å². The van der Waals surface area contributed by atoms with Gasteiger partial charge in [0.2, 0.25) is 0 Å². The number of benzene rings is 1. The molecule has 9 aliphatic rings. The number of rotatable bonds is 21. The molecule has 0 radical (unpaired) electrons. The number of methoxy groups -OCH3 is 4. The van der Waals surface area contributed by atoms with Gasteiger partial charge in [-0.15, -0.1) is 0 Å². The first-order valence-electron chi connectivity index (χ1n) is 34.1. The number of aliphatic hydroxyl groups is 8. The van der Waals surface area contributed by atoms with Gasteiger partial charge in [0.1, 0.15) is 90.1 Å². The molecule has 542 valence electrons. The highest BCUT2D eigenvalue weighted by Crippen LogP contribution is 2.71. The third-order valence-electron chi connectivity index (χ3n) is 23.1. The van der Waals surface area contributed by atoms with Gasteiger partial charge in [-0.1, -0.05) is 55.8 Å². The van der Waals surface area contributed by atoms with Gasteiger partial charge in [-0.25, -0.2) is 9.59 Å². The molecule has 27 nitrogen and oxygen atoms in total. The molecular formula is C70H101NO26. The second kappa shape index (κ2) is 30.1. The molecule has 8 fully saturated rings. The lowest BCUT2D eigenvalue weighted by Gasteiger charge is -2.67. The van der Waals surface area contributed by atoms with Crippen LogP contribution in [0.4, 0.5) is 0 Å². The summed E-state index contributed by atoms with van der Waals surface area (Å²) in [6.07, 6.45) is -13.3. The average Bonchev–Trinajstić information content (AvgIpc) is 1.58. The Hall–Kier alpha value is -4.09. The predicted octanol–water partition coefficient (Wildman–Crippen LogP) is 3.08. The maximum absolute atomic E-state index is 14.0. The summed E-state index contributed by atoms with van der Waals surface area (Å²) in [7, 11) is 6.10. The van der Waals surface area contributed by atoms with E-state index < -0.39 is 200 Å².